The van der Waals surface area contributed by atoms with Crippen LogP contribution in [0.25, 0.3) is 0 Å². The van der Waals surface area contributed by atoms with E-state index in [1.54, 1.807) is 60.7 Å². The normalized spacial score (nSPS) is 10.5. The van der Waals surface area contributed by atoms with E-state index in [2.05, 4.69) is 0 Å². The van der Waals surface area contributed by atoms with E-state index >= 15 is 0 Å². The fraction of sp³-hybridized carbons (Fsp3) is 0.238. The maximum Gasteiger partial charge on any atom is 0.176 e. The van der Waals surface area contributed by atoms with Gasteiger partial charge >= 0.3 is 0 Å². The molecule has 0 N–H and O–H groups in total. The van der Waals surface area contributed by atoms with E-state index in [1.807, 2.05) is 12.1 Å². The second-order valence-corrected chi connectivity index (χ2v) is 5.79. The van der Waals surface area contributed by atoms with Crippen molar-refractivity contribution in [2.75, 3.05) is 0 Å². The Bertz CT molecular complexity index is 743. The molecule has 0 fully saturated rings. The lowest BCUT2D eigenvalue weighted by atomic mass is 9.68. The predicted octanol–water partition coefficient (Wildman–Crippen LogP) is 4.35. The molecule has 0 aliphatic heterocycles. The summed E-state index contributed by atoms with van der Waals surface area (Å²) in [6, 6.07) is 21.2. The first-order valence-electron chi connectivity index (χ1n) is 8.09. The van der Waals surface area contributed by atoms with Gasteiger partial charge in [0.1, 0.15) is 0 Å². The van der Waals surface area contributed by atoms with E-state index in [0.717, 1.165) is 0 Å². The van der Waals surface area contributed by atoms with E-state index in [1.165, 1.54) is 0 Å². The molecule has 2 rings (SSSR count). The molecule has 0 saturated carbocycles. The van der Waals surface area contributed by atoms with Crippen LogP contribution in [0.4, 0.5) is 0 Å². The maximum absolute atomic E-state index is 13.3. The largest absolute Gasteiger partial charge is 0.293 e. The molecule has 0 bridgehead atoms. The molecule has 2 aromatic rings. The lowest BCUT2D eigenvalue weighted by molar-refractivity contribution is 0.0634. The molecule has 4 nitrogen and oxygen atoms in total. The van der Waals surface area contributed by atoms with Crippen LogP contribution in [0.3, 0.4) is 0 Å². The SMILES string of the molecule is N#CCCC(CCC#N)(C(=O)c1ccccc1)C(=O)c1ccccc1. The molecular formula is C21H18N2O2. The molecule has 2 aromatic carbocycles. The summed E-state index contributed by atoms with van der Waals surface area (Å²) in [5.41, 5.74) is -0.556. The van der Waals surface area contributed by atoms with E-state index in [9.17, 15) is 9.59 Å². The quantitative estimate of drug-likeness (QED) is 0.532. The van der Waals surface area contributed by atoms with Crippen LogP contribution in [0, 0.1) is 28.1 Å². The highest BCUT2D eigenvalue weighted by atomic mass is 16.2. The zero-order valence-electron chi connectivity index (χ0n) is 13.8. The molecule has 0 atom stereocenters. The molecule has 0 unspecified atom stereocenters. The molecule has 25 heavy (non-hydrogen) atoms. The summed E-state index contributed by atoms with van der Waals surface area (Å²) in [6.07, 6.45) is 0.352. The zero-order chi connectivity index (χ0) is 18.1. The third-order valence-corrected chi connectivity index (χ3v) is 4.27. The molecule has 0 spiro atoms. The first-order chi connectivity index (χ1) is 12.2. The number of rotatable bonds is 8. The highest BCUT2D eigenvalue weighted by molar-refractivity contribution is 6.19. The number of carbonyl (C=O) groups is 2. The van der Waals surface area contributed by atoms with Gasteiger partial charge in [-0.3, -0.25) is 9.59 Å². The van der Waals surface area contributed by atoms with Gasteiger partial charge in [-0.15, -0.1) is 0 Å². The second kappa shape index (κ2) is 8.57. The van der Waals surface area contributed by atoms with Gasteiger partial charge in [0.2, 0.25) is 0 Å². The van der Waals surface area contributed by atoms with Gasteiger partial charge < -0.3 is 0 Å². The number of nitriles is 2. The Morgan fingerprint density at radius 1 is 0.720 bits per heavy atom. The highest BCUT2D eigenvalue weighted by Gasteiger charge is 2.45. The minimum Gasteiger partial charge on any atom is -0.293 e. The van der Waals surface area contributed by atoms with Crippen molar-refractivity contribution < 1.29 is 9.59 Å². The summed E-state index contributed by atoms with van der Waals surface area (Å²) in [5.74, 6) is -0.653. The number of carbonyl (C=O) groups excluding carboxylic acids is 2. The lowest BCUT2D eigenvalue weighted by Gasteiger charge is -2.30. The van der Waals surface area contributed by atoms with Crippen LogP contribution in [0.1, 0.15) is 46.4 Å². The Hall–Kier alpha value is -3.24. The minimum atomic E-state index is -1.39. The van der Waals surface area contributed by atoms with E-state index in [4.69, 9.17) is 10.5 Å². The van der Waals surface area contributed by atoms with Gasteiger partial charge in [0.05, 0.1) is 17.6 Å². The molecule has 0 aliphatic carbocycles. The van der Waals surface area contributed by atoms with Crippen LogP contribution in [-0.2, 0) is 0 Å². The minimum absolute atomic E-state index is 0.0720. The molecule has 4 heteroatoms. The van der Waals surface area contributed by atoms with Gasteiger partial charge in [-0.25, -0.2) is 0 Å². The summed E-state index contributed by atoms with van der Waals surface area (Å²) >= 11 is 0. The summed E-state index contributed by atoms with van der Waals surface area (Å²) < 4.78 is 0. The van der Waals surface area contributed by atoms with Gasteiger partial charge in [0, 0.05) is 24.0 Å². The molecule has 0 saturated heterocycles. The Labute approximate surface area is 147 Å². The topological polar surface area (TPSA) is 81.7 Å². The molecule has 0 heterocycles. The van der Waals surface area contributed by atoms with Gasteiger partial charge in [-0.1, -0.05) is 60.7 Å². The van der Waals surface area contributed by atoms with Gasteiger partial charge in [0.25, 0.3) is 0 Å². The fourth-order valence-electron chi connectivity index (χ4n) is 2.95. The van der Waals surface area contributed by atoms with Crippen LogP contribution in [0.5, 0.6) is 0 Å². The van der Waals surface area contributed by atoms with Crippen LogP contribution in [0.15, 0.2) is 60.7 Å². The van der Waals surface area contributed by atoms with Crippen molar-refractivity contribution in [3.63, 3.8) is 0 Å². The Kier molecular flexibility index (Phi) is 6.20. The Balaban J connectivity index is 2.55. The molecule has 0 radical (unpaired) electrons. The summed E-state index contributed by atoms with van der Waals surface area (Å²) in [4.78, 5) is 26.5. The van der Waals surface area contributed by atoms with Crippen LogP contribution >= 0.6 is 0 Å². The molecular weight excluding hydrogens is 312 g/mol. The van der Waals surface area contributed by atoms with Gasteiger partial charge in [-0.05, 0) is 12.8 Å². The number of hydrogen-bond donors (Lipinski definition) is 0. The zero-order valence-corrected chi connectivity index (χ0v) is 13.8. The smallest absolute Gasteiger partial charge is 0.176 e. The van der Waals surface area contributed by atoms with Crippen molar-refractivity contribution in [3.05, 3.63) is 71.8 Å². The van der Waals surface area contributed by atoms with Gasteiger partial charge in [0.15, 0.2) is 11.6 Å². The average Bonchev–Trinajstić information content (AvgIpc) is 2.69. The van der Waals surface area contributed by atoms with Gasteiger partial charge in [-0.2, -0.15) is 10.5 Å². The third-order valence-electron chi connectivity index (χ3n) is 4.27. The number of Topliss-reactive ketones (excluding diaryl/α,β-unsaturated/α-hetero) is 2. The Morgan fingerprint density at radius 3 is 1.40 bits per heavy atom. The molecule has 0 amide bonds. The average molecular weight is 330 g/mol. The summed E-state index contributed by atoms with van der Waals surface area (Å²) in [7, 11) is 0. The first kappa shape index (κ1) is 18.1. The van der Waals surface area contributed by atoms with Crippen LogP contribution in [0.2, 0.25) is 0 Å². The molecule has 0 aliphatic rings. The van der Waals surface area contributed by atoms with Crippen molar-refractivity contribution in [2.24, 2.45) is 5.41 Å². The van der Waals surface area contributed by atoms with E-state index in [0.29, 0.717) is 11.1 Å². The maximum atomic E-state index is 13.3. The first-order valence-corrected chi connectivity index (χ1v) is 8.09. The van der Waals surface area contributed by atoms with Crippen molar-refractivity contribution >= 4 is 11.6 Å². The van der Waals surface area contributed by atoms with Crippen molar-refractivity contribution in [2.45, 2.75) is 25.7 Å². The number of benzene rings is 2. The van der Waals surface area contributed by atoms with E-state index < -0.39 is 5.41 Å². The molecule has 124 valence electrons. The summed E-state index contributed by atoms with van der Waals surface area (Å²) in [5, 5.41) is 18.0. The molecule has 0 aromatic heterocycles. The Morgan fingerprint density at radius 2 is 1.08 bits per heavy atom. The standard InChI is InChI=1S/C21H18N2O2/c22-15-7-13-21(14-8-16-23,19(24)17-9-3-1-4-10-17)20(25)18-11-5-2-6-12-18/h1-6,9-12H,7-8,13-14H2. The fourth-order valence-corrected chi connectivity index (χ4v) is 2.95. The monoisotopic (exact) mass is 330 g/mol. The van der Waals surface area contributed by atoms with Crippen molar-refractivity contribution in [1.82, 2.24) is 0 Å². The highest BCUT2D eigenvalue weighted by Crippen LogP contribution is 2.37. The lowest BCUT2D eigenvalue weighted by Crippen LogP contribution is -2.39. The van der Waals surface area contributed by atoms with Crippen molar-refractivity contribution in [3.8, 4) is 12.1 Å². The number of nitrogens with zero attached hydrogens (tertiary/aromatic N) is 2. The number of ketones is 2. The van der Waals surface area contributed by atoms with Crippen molar-refractivity contribution in [1.29, 1.82) is 10.5 Å². The second-order valence-electron chi connectivity index (χ2n) is 5.79. The summed E-state index contributed by atoms with van der Waals surface area (Å²) in [6.45, 7) is 0. The van der Waals surface area contributed by atoms with Crippen LogP contribution in [-0.4, -0.2) is 11.6 Å². The third kappa shape index (κ3) is 4.00. The van der Waals surface area contributed by atoms with Crippen LogP contribution < -0.4 is 0 Å². The van der Waals surface area contributed by atoms with E-state index in [-0.39, 0.29) is 37.2 Å². The number of hydrogen-bond acceptors (Lipinski definition) is 4. The predicted molar refractivity (Wildman–Crippen MR) is 93.7 cm³/mol.